The first kappa shape index (κ1) is 50.0. The van der Waals surface area contributed by atoms with Crippen molar-refractivity contribution in [3.05, 3.63) is 35.9 Å². The topological polar surface area (TPSA) is 192 Å². The summed E-state index contributed by atoms with van der Waals surface area (Å²) in [5.74, 6) is -6.94. The van der Waals surface area contributed by atoms with E-state index in [1.165, 1.54) is 33.6 Å². The lowest BCUT2D eigenvalue weighted by atomic mass is 9.91. The van der Waals surface area contributed by atoms with Gasteiger partial charge in [0.1, 0.15) is 30.2 Å². The molecule has 11 atom stereocenters. The Morgan fingerprint density at radius 2 is 1.16 bits per heavy atom. The summed E-state index contributed by atoms with van der Waals surface area (Å²) in [7, 11) is 1.51. The second-order valence-electron chi connectivity index (χ2n) is 19.2. The summed E-state index contributed by atoms with van der Waals surface area (Å²) in [6.07, 6.45) is 0.895. The largest absolute Gasteiger partial charge is 0.452 e. The van der Waals surface area contributed by atoms with Gasteiger partial charge in [-0.1, -0.05) is 85.2 Å². The molecule has 0 aliphatic carbocycles. The molecule has 4 aliphatic heterocycles. The van der Waals surface area contributed by atoms with Crippen molar-refractivity contribution >= 4 is 47.4 Å². The molecule has 0 aromatic heterocycles. The molecule has 5 rings (SSSR count). The maximum absolute atomic E-state index is 14.8. The summed E-state index contributed by atoms with van der Waals surface area (Å²) >= 11 is 0. The molecular formula is C48H72N6O10. The third-order valence-electron chi connectivity index (χ3n) is 13.9. The lowest BCUT2D eigenvalue weighted by molar-refractivity contribution is -0.172. The van der Waals surface area contributed by atoms with Crippen LogP contribution < -0.4 is 10.6 Å². The number of hydrogen-bond acceptors (Lipinski definition) is 10. The number of nitrogens with zero attached hydrogens (tertiary/aromatic N) is 4. The van der Waals surface area contributed by atoms with Crippen molar-refractivity contribution in [2.75, 3.05) is 26.7 Å². The summed E-state index contributed by atoms with van der Waals surface area (Å²) in [5.41, 5.74) is 0.956. The van der Waals surface area contributed by atoms with Gasteiger partial charge in [0.05, 0.1) is 5.92 Å². The van der Waals surface area contributed by atoms with Crippen molar-refractivity contribution in [1.82, 2.24) is 30.2 Å². The van der Waals surface area contributed by atoms with Gasteiger partial charge in [0.15, 0.2) is 12.2 Å². The van der Waals surface area contributed by atoms with Gasteiger partial charge in [-0.2, -0.15) is 0 Å². The second-order valence-corrected chi connectivity index (χ2v) is 19.2. The van der Waals surface area contributed by atoms with Crippen LogP contribution in [0.4, 0.5) is 0 Å². The highest BCUT2D eigenvalue weighted by Gasteiger charge is 2.47. The quantitative estimate of drug-likeness (QED) is 0.384. The number of nitrogens with one attached hydrogen (secondary N) is 2. The summed E-state index contributed by atoms with van der Waals surface area (Å²) < 4.78 is 11.7. The molecule has 1 aromatic rings. The van der Waals surface area contributed by atoms with Crippen molar-refractivity contribution in [2.45, 2.75) is 162 Å². The van der Waals surface area contributed by atoms with Gasteiger partial charge in [0, 0.05) is 32.7 Å². The van der Waals surface area contributed by atoms with Crippen LogP contribution in [0.2, 0.25) is 0 Å². The molecule has 0 saturated carbocycles. The van der Waals surface area contributed by atoms with Crippen LogP contribution in [0.1, 0.15) is 113 Å². The molecule has 1 aromatic carbocycles. The molecule has 0 unspecified atom stereocenters. The molecule has 16 nitrogen and oxygen atoms in total. The lowest BCUT2D eigenvalue weighted by Gasteiger charge is -2.38. The van der Waals surface area contributed by atoms with E-state index in [1.807, 2.05) is 65.0 Å². The Hall–Kier alpha value is -5.02. The predicted octanol–water partition coefficient (Wildman–Crippen LogP) is 3.49. The summed E-state index contributed by atoms with van der Waals surface area (Å²) in [6.45, 7) is 16.6. The molecule has 4 saturated heterocycles. The molecule has 0 radical (unpaired) electrons. The average molecular weight is 893 g/mol. The number of carbonyl (C=O) groups excluding carboxylic acids is 8. The highest BCUT2D eigenvalue weighted by atomic mass is 16.6. The van der Waals surface area contributed by atoms with E-state index >= 15 is 0 Å². The zero-order valence-electron chi connectivity index (χ0n) is 39.5. The number of amides is 6. The highest BCUT2D eigenvalue weighted by molar-refractivity contribution is 5.97. The van der Waals surface area contributed by atoms with E-state index in [-0.39, 0.29) is 37.9 Å². The molecule has 4 heterocycles. The summed E-state index contributed by atoms with van der Waals surface area (Å²) in [4.78, 5) is 120. The standard InChI is InChI=1S/C48H72N6O10/c1-11-29(6)39-45(59)53-24-16-21-35(53)42(56)50-38(30(7)26-33-18-13-12-14-19-33)44(58)52-23-15-20-34(52)41(55)49-37(27(2)3)31(8)47(61)63-32(9)43(57)54-25-17-22-36(54)48(62)64-40(28(4)5)46(60)51(39)10/h12-14,18-19,27-32,34-40H,11,15-17,20-26H2,1-10H3,(H,49,55)(H,50,56)/t29-,30+,31+,32-,34+,35+,36+,37+,38+,39-,40-/m1/s1. The van der Waals surface area contributed by atoms with Crippen molar-refractivity contribution in [3.63, 3.8) is 0 Å². The van der Waals surface area contributed by atoms with E-state index in [0.29, 0.717) is 44.9 Å². The molecular weight excluding hydrogens is 821 g/mol. The third kappa shape index (κ3) is 11.1. The molecule has 4 fully saturated rings. The van der Waals surface area contributed by atoms with E-state index < -0.39 is 114 Å². The number of ether oxygens (including phenoxy) is 2. The molecule has 354 valence electrons. The Kier molecular flexibility index (Phi) is 17.0. The van der Waals surface area contributed by atoms with Crippen LogP contribution in [0.3, 0.4) is 0 Å². The zero-order chi connectivity index (χ0) is 47.2. The fourth-order valence-electron chi connectivity index (χ4n) is 9.90. The van der Waals surface area contributed by atoms with Crippen LogP contribution in [0.5, 0.6) is 0 Å². The minimum atomic E-state index is -1.30. The van der Waals surface area contributed by atoms with Crippen LogP contribution in [0.25, 0.3) is 0 Å². The number of benzene rings is 1. The van der Waals surface area contributed by atoms with Crippen LogP contribution in [0.15, 0.2) is 30.3 Å². The molecule has 0 bridgehead atoms. The first-order valence-corrected chi connectivity index (χ1v) is 23.5. The summed E-state index contributed by atoms with van der Waals surface area (Å²) in [5, 5.41) is 6.07. The summed E-state index contributed by atoms with van der Waals surface area (Å²) in [6, 6.07) is 3.94. The van der Waals surface area contributed by atoms with Crippen molar-refractivity contribution < 1.29 is 47.8 Å². The van der Waals surface area contributed by atoms with Crippen LogP contribution in [-0.4, -0.2) is 142 Å². The van der Waals surface area contributed by atoms with Gasteiger partial charge >= 0.3 is 11.9 Å². The monoisotopic (exact) mass is 893 g/mol. The normalized spacial score (nSPS) is 30.8. The molecule has 0 spiro atoms. The maximum atomic E-state index is 14.8. The maximum Gasteiger partial charge on any atom is 0.329 e. The molecule has 16 heteroatoms. The number of carbonyl (C=O) groups is 8. The molecule has 64 heavy (non-hydrogen) atoms. The lowest BCUT2D eigenvalue weighted by Crippen LogP contribution is -2.61. The number of esters is 2. The van der Waals surface area contributed by atoms with Crippen molar-refractivity contribution in [3.8, 4) is 0 Å². The Bertz CT molecular complexity index is 1880. The van der Waals surface area contributed by atoms with Crippen molar-refractivity contribution in [2.24, 2.45) is 29.6 Å². The van der Waals surface area contributed by atoms with Gasteiger partial charge in [-0.3, -0.25) is 33.6 Å². The molecule has 2 N–H and O–H groups in total. The number of likely N-dealkylation sites (N-methyl/N-ethyl adjacent to an activating group) is 1. The SMILES string of the molecule is CC[C@@H](C)[C@@H]1C(=O)N2CCC[C@H]2C(=O)N[C@@H]([C@@H](C)Cc2ccccc2)C(=O)N2CCC[C@H]2C(=O)N[C@@H](C(C)C)[C@H](C)C(=O)O[C@H](C)C(=O)N2CCC[C@H]2C(=O)O[C@H](C(C)C)C(=O)N1C. The van der Waals surface area contributed by atoms with Gasteiger partial charge in [0.25, 0.3) is 11.8 Å². The predicted molar refractivity (Wildman–Crippen MR) is 238 cm³/mol. The van der Waals surface area contributed by atoms with Gasteiger partial charge in [0.2, 0.25) is 23.6 Å². The third-order valence-corrected chi connectivity index (χ3v) is 13.9. The fraction of sp³-hybridized carbons (Fsp3) is 0.708. The van der Waals surface area contributed by atoms with Crippen molar-refractivity contribution in [1.29, 1.82) is 0 Å². The Morgan fingerprint density at radius 1 is 0.625 bits per heavy atom. The van der Waals surface area contributed by atoms with E-state index in [9.17, 15) is 38.4 Å². The average Bonchev–Trinajstić information content (AvgIpc) is 4.07. The van der Waals surface area contributed by atoms with E-state index in [0.717, 1.165) is 5.56 Å². The number of hydrogen-bond donors (Lipinski definition) is 2. The van der Waals surface area contributed by atoms with Crippen LogP contribution >= 0.6 is 0 Å². The number of fused-ring (bicyclic) bond motifs is 3. The Morgan fingerprint density at radius 3 is 1.70 bits per heavy atom. The minimum Gasteiger partial charge on any atom is -0.452 e. The van der Waals surface area contributed by atoms with Gasteiger partial charge in [-0.15, -0.1) is 0 Å². The first-order chi connectivity index (χ1) is 30.3. The van der Waals surface area contributed by atoms with Crippen LogP contribution in [-0.2, 0) is 54.3 Å². The van der Waals surface area contributed by atoms with E-state index in [2.05, 4.69) is 10.6 Å². The number of cyclic esters (lactones) is 2. The van der Waals surface area contributed by atoms with E-state index in [1.54, 1.807) is 20.8 Å². The molecule has 6 amide bonds. The second kappa shape index (κ2) is 21.8. The zero-order valence-corrected chi connectivity index (χ0v) is 39.5. The first-order valence-electron chi connectivity index (χ1n) is 23.5. The Balaban J connectivity index is 1.55. The fourth-order valence-corrected chi connectivity index (χ4v) is 9.90. The minimum absolute atomic E-state index is 0.207. The van der Waals surface area contributed by atoms with Gasteiger partial charge in [-0.25, -0.2) is 4.79 Å². The Labute approximate surface area is 378 Å². The number of rotatable bonds is 7. The van der Waals surface area contributed by atoms with Crippen LogP contribution in [0, 0.1) is 29.6 Å². The van der Waals surface area contributed by atoms with Gasteiger partial charge in [-0.05, 0) is 88.0 Å². The smallest absolute Gasteiger partial charge is 0.329 e. The van der Waals surface area contributed by atoms with E-state index in [4.69, 9.17) is 9.47 Å². The molecule has 4 aliphatic rings. The highest BCUT2D eigenvalue weighted by Crippen LogP contribution is 2.29. The van der Waals surface area contributed by atoms with Gasteiger partial charge < -0.3 is 39.7 Å².